The number of hydrogen-bond donors (Lipinski definition) is 1. The molecule has 1 N–H and O–H groups in total. The molecular weight excluding hydrogens is 393 g/mol. The third kappa shape index (κ3) is 5.04. The zero-order valence-electron chi connectivity index (χ0n) is 15.2. The molecule has 4 heterocycles. The first-order valence-electron chi connectivity index (χ1n) is 8.90. The van der Waals surface area contributed by atoms with E-state index in [0.29, 0.717) is 17.6 Å². The Labute approximate surface area is 163 Å². The molecular formula is C18H19F3N4O4. The molecule has 29 heavy (non-hydrogen) atoms. The van der Waals surface area contributed by atoms with Gasteiger partial charge in [0.25, 0.3) is 5.91 Å². The smallest absolute Gasteiger partial charge is 0.475 e. The molecule has 2 atom stereocenters. The molecule has 2 aromatic rings. The molecule has 11 heteroatoms. The van der Waals surface area contributed by atoms with Crippen molar-refractivity contribution in [2.24, 2.45) is 11.8 Å². The maximum Gasteiger partial charge on any atom is 0.490 e. The second-order valence-electron chi connectivity index (χ2n) is 6.79. The highest BCUT2D eigenvalue weighted by atomic mass is 19.4. The number of furan rings is 1. The first-order chi connectivity index (χ1) is 13.8. The topological polar surface area (TPSA) is 99.8 Å². The lowest BCUT2D eigenvalue weighted by Gasteiger charge is -2.34. The summed E-state index contributed by atoms with van der Waals surface area (Å²) in [4.78, 5) is 34.1. The summed E-state index contributed by atoms with van der Waals surface area (Å²) in [5.74, 6) is -0.483. The number of amides is 1. The summed E-state index contributed by atoms with van der Waals surface area (Å²) in [5, 5.41) is 7.12. The van der Waals surface area contributed by atoms with Gasteiger partial charge in [0.2, 0.25) is 5.95 Å². The fourth-order valence-electron chi connectivity index (χ4n) is 3.53. The molecule has 0 unspecified atom stereocenters. The summed E-state index contributed by atoms with van der Waals surface area (Å²) in [7, 11) is 0. The second kappa shape index (κ2) is 8.50. The van der Waals surface area contributed by atoms with Crippen LogP contribution in [0.2, 0.25) is 0 Å². The van der Waals surface area contributed by atoms with E-state index in [0.717, 1.165) is 38.5 Å². The number of carbonyl (C=O) groups excluding carboxylic acids is 1. The van der Waals surface area contributed by atoms with Gasteiger partial charge in [0.15, 0.2) is 5.76 Å². The lowest BCUT2D eigenvalue weighted by molar-refractivity contribution is -0.192. The minimum atomic E-state index is -5.08. The Morgan fingerprint density at radius 3 is 2.34 bits per heavy atom. The minimum absolute atomic E-state index is 0.00177. The van der Waals surface area contributed by atoms with E-state index in [1.807, 2.05) is 11.0 Å². The molecule has 2 saturated heterocycles. The molecule has 1 amide bonds. The Hall–Kier alpha value is -3.11. The van der Waals surface area contributed by atoms with Crippen LogP contribution in [-0.2, 0) is 4.79 Å². The minimum Gasteiger partial charge on any atom is -0.475 e. The van der Waals surface area contributed by atoms with Crippen molar-refractivity contribution in [2.75, 3.05) is 31.1 Å². The molecule has 0 radical (unpaired) electrons. The van der Waals surface area contributed by atoms with Gasteiger partial charge in [-0.1, -0.05) is 0 Å². The van der Waals surface area contributed by atoms with Crippen LogP contribution in [0.15, 0.2) is 41.3 Å². The van der Waals surface area contributed by atoms with Gasteiger partial charge < -0.3 is 19.3 Å². The molecule has 2 aromatic heterocycles. The molecule has 2 aliphatic heterocycles. The maximum absolute atomic E-state index is 12.4. The zero-order valence-corrected chi connectivity index (χ0v) is 15.2. The number of likely N-dealkylation sites (tertiary alicyclic amines) is 1. The summed E-state index contributed by atoms with van der Waals surface area (Å²) in [6.07, 6.45) is 1.08. The van der Waals surface area contributed by atoms with Crippen molar-refractivity contribution in [3.63, 3.8) is 0 Å². The van der Waals surface area contributed by atoms with Crippen molar-refractivity contribution >= 4 is 17.8 Å². The van der Waals surface area contributed by atoms with Crippen LogP contribution in [-0.4, -0.2) is 64.2 Å². The first kappa shape index (κ1) is 20.6. The number of halogens is 3. The molecule has 0 bridgehead atoms. The molecule has 2 aliphatic rings. The number of anilines is 1. The SMILES string of the molecule is O=C(O)C(F)(F)F.O=C(c1ccco1)N1C[C@@H]2CCN(c3ncccn3)C[C@@H]2C1. The summed E-state index contributed by atoms with van der Waals surface area (Å²) in [6, 6.07) is 5.31. The van der Waals surface area contributed by atoms with Gasteiger partial charge in [-0.25, -0.2) is 14.8 Å². The molecule has 156 valence electrons. The van der Waals surface area contributed by atoms with Crippen molar-refractivity contribution in [3.8, 4) is 0 Å². The van der Waals surface area contributed by atoms with Crippen LogP contribution >= 0.6 is 0 Å². The molecule has 2 fully saturated rings. The molecule has 0 aromatic carbocycles. The maximum atomic E-state index is 12.4. The summed E-state index contributed by atoms with van der Waals surface area (Å²) >= 11 is 0. The lowest BCUT2D eigenvalue weighted by atomic mass is 9.89. The van der Waals surface area contributed by atoms with E-state index in [9.17, 15) is 18.0 Å². The van der Waals surface area contributed by atoms with E-state index in [1.54, 1.807) is 30.8 Å². The van der Waals surface area contributed by atoms with Crippen molar-refractivity contribution in [1.82, 2.24) is 14.9 Å². The highest BCUT2D eigenvalue weighted by molar-refractivity contribution is 5.91. The van der Waals surface area contributed by atoms with E-state index in [2.05, 4.69) is 14.9 Å². The van der Waals surface area contributed by atoms with Crippen LogP contribution in [0.3, 0.4) is 0 Å². The monoisotopic (exact) mass is 412 g/mol. The number of aromatic nitrogens is 2. The van der Waals surface area contributed by atoms with E-state index < -0.39 is 12.1 Å². The largest absolute Gasteiger partial charge is 0.490 e. The van der Waals surface area contributed by atoms with Crippen molar-refractivity contribution in [3.05, 3.63) is 42.6 Å². The predicted octanol–water partition coefficient (Wildman–Crippen LogP) is 2.30. The van der Waals surface area contributed by atoms with Crippen molar-refractivity contribution < 1.29 is 32.3 Å². The lowest BCUT2D eigenvalue weighted by Crippen LogP contribution is -2.40. The van der Waals surface area contributed by atoms with Crippen LogP contribution in [0.5, 0.6) is 0 Å². The average Bonchev–Trinajstić information content (AvgIpc) is 3.37. The van der Waals surface area contributed by atoms with Gasteiger partial charge in [0.1, 0.15) is 0 Å². The number of aliphatic carboxylic acids is 1. The molecule has 0 spiro atoms. The fourth-order valence-corrected chi connectivity index (χ4v) is 3.53. The normalized spacial score (nSPS) is 21.2. The van der Waals surface area contributed by atoms with Crippen LogP contribution in [0, 0.1) is 11.8 Å². The fraction of sp³-hybridized carbons (Fsp3) is 0.444. The van der Waals surface area contributed by atoms with Gasteiger partial charge in [-0.2, -0.15) is 13.2 Å². The quantitative estimate of drug-likeness (QED) is 0.808. The molecule has 8 nitrogen and oxygen atoms in total. The second-order valence-corrected chi connectivity index (χ2v) is 6.79. The highest BCUT2D eigenvalue weighted by Gasteiger charge is 2.40. The number of piperidine rings is 1. The van der Waals surface area contributed by atoms with Gasteiger partial charge in [0.05, 0.1) is 6.26 Å². The highest BCUT2D eigenvalue weighted by Crippen LogP contribution is 2.33. The standard InChI is InChI=1S/C16H18N4O2.C2HF3O2/c21-15(14-3-1-8-22-14)20-9-12-4-7-19(10-13(12)11-20)16-17-5-2-6-18-16;3-2(4,5)1(6)7/h1-3,5-6,8,12-13H,4,7,9-11H2;(H,6,7)/t12-,13+;/m0./s1. The van der Waals surface area contributed by atoms with Gasteiger partial charge in [-0.05, 0) is 36.5 Å². The van der Waals surface area contributed by atoms with Crippen LogP contribution in [0.4, 0.5) is 19.1 Å². The number of hydrogen-bond acceptors (Lipinski definition) is 6. The van der Waals surface area contributed by atoms with Gasteiger partial charge in [-0.3, -0.25) is 4.79 Å². The Balaban J connectivity index is 0.000000298. The summed E-state index contributed by atoms with van der Waals surface area (Å²) in [6.45, 7) is 3.48. The van der Waals surface area contributed by atoms with Crippen LogP contribution in [0.25, 0.3) is 0 Å². The molecule has 0 aliphatic carbocycles. The Morgan fingerprint density at radius 2 is 1.76 bits per heavy atom. The third-order valence-electron chi connectivity index (χ3n) is 4.90. The Morgan fingerprint density at radius 1 is 1.10 bits per heavy atom. The van der Waals surface area contributed by atoms with E-state index in [-0.39, 0.29) is 5.91 Å². The molecule has 4 rings (SSSR count). The van der Waals surface area contributed by atoms with E-state index >= 15 is 0 Å². The predicted molar refractivity (Wildman–Crippen MR) is 94.1 cm³/mol. The Kier molecular flexibility index (Phi) is 6.04. The van der Waals surface area contributed by atoms with Crippen LogP contribution < -0.4 is 4.90 Å². The number of carboxylic acid groups (broad SMARTS) is 1. The van der Waals surface area contributed by atoms with Crippen LogP contribution in [0.1, 0.15) is 17.0 Å². The average molecular weight is 412 g/mol. The van der Waals surface area contributed by atoms with E-state index in [1.165, 1.54) is 0 Å². The zero-order chi connectivity index (χ0) is 21.0. The number of carboxylic acids is 1. The summed E-state index contributed by atoms with van der Waals surface area (Å²) < 4.78 is 37.0. The third-order valence-corrected chi connectivity index (χ3v) is 4.90. The molecule has 0 saturated carbocycles. The van der Waals surface area contributed by atoms with E-state index in [4.69, 9.17) is 14.3 Å². The number of carbonyl (C=O) groups is 2. The summed E-state index contributed by atoms with van der Waals surface area (Å²) in [5.41, 5.74) is 0. The van der Waals surface area contributed by atoms with Crippen molar-refractivity contribution in [1.29, 1.82) is 0 Å². The van der Waals surface area contributed by atoms with Gasteiger partial charge >= 0.3 is 12.1 Å². The number of nitrogens with zero attached hydrogens (tertiary/aromatic N) is 4. The number of alkyl halides is 3. The number of rotatable bonds is 2. The Bertz CT molecular complexity index is 829. The van der Waals surface area contributed by atoms with Crippen molar-refractivity contribution in [2.45, 2.75) is 12.6 Å². The van der Waals surface area contributed by atoms with Gasteiger partial charge in [0, 0.05) is 38.6 Å². The number of fused-ring (bicyclic) bond motifs is 1. The van der Waals surface area contributed by atoms with Gasteiger partial charge in [-0.15, -0.1) is 0 Å². The first-order valence-corrected chi connectivity index (χ1v) is 8.90.